The molecule has 3 N–H and O–H groups in total. The van der Waals surface area contributed by atoms with Crippen molar-refractivity contribution in [2.24, 2.45) is 5.41 Å². The van der Waals surface area contributed by atoms with Crippen LogP contribution >= 0.6 is 0 Å². The zero-order chi connectivity index (χ0) is 10.6. The van der Waals surface area contributed by atoms with E-state index < -0.39 is 29.9 Å². The van der Waals surface area contributed by atoms with Crippen molar-refractivity contribution in [1.29, 1.82) is 0 Å². The van der Waals surface area contributed by atoms with Crippen LogP contribution in [0.4, 0.5) is 0 Å². The molecule has 0 unspecified atom stereocenters. The van der Waals surface area contributed by atoms with Crippen molar-refractivity contribution < 1.29 is 19.8 Å². The minimum atomic E-state index is -1.24. The Labute approximate surface area is 76.8 Å². The number of carboxylic acid groups (broad SMARTS) is 1. The molecule has 0 radical (unpaired) electrons. The number of carbonyl (C=O) groups excluding carboxylic acids is 1. The highest BCUT2D eigenvalue weighted by Crippen LogP contribution is 2.12. The van der Waals surface area contributed by atoms with Crippen molar-refractivity contribution in [3.63, 3.8) is 0 Å². The van der Waals surface area contributed by atoms with Crippen molar-refractivity contribution in [2.75, 3.05) is 6.61 Å². The zero-order valence-corrected chi connectivity index (χ0v) is 8.00. The first-order valence-electron chi connectivity index (χ1n) is 3.93. The first-order chi connectivity index (χ1) is 5.79. The standard InChI is InChI=1S/C8H15NO4/c1-8(2,3)7(13)9-5(4-10)6(11)12/h5,10H,4H2,1-3H3,(H,9,13)(H,11,12)/t5-/m0/s1. The largest absolute Gasteiger partial charge is 0.480 e. The second kappa shape index (κ2) is 4.23. The number of amides is 1. The highest BCUT2D eigenvalue weighted by atomic mass is 16.4. The third-order valence-electron chi connectivity index (χ3n) is 1.47. The number of carboxylic acids is 1. The van der Waals surface area contributed by atoms with Gasteiger partial charge in [-0.25, -0.2) is 4.79 Å². The molecule has 76 valence electrons. The highest BCUT2D eigenvalue weighted by molar-refractivity contribution is 5.86. The Morgan fingerprint density at radius 3 is 2.08 bits per heavy atom. The predicted octanol–water partition coefficient (Wildman–Crippen LogP) is -0.406. The maximum atomic E-state index is 11.3. The lowest BCUT2D eigenvalue weighted by atomic mass is 9.95. The molecule has 13 heavy (non-hydrogen) atoms. The van der Waals surface area contributed by atoms with Crippen molar-refractivity contribution in [2.45, 2.75) is 26.8 Å². The van der Waals surface area contributed by atoms with Gasteiger partial charge in [0.2, 0.25) is 5.91 Å². The number of nitrogens with one attached hydrogen (secondary N) is 1. The Morgan fingerprint density at radius 1 is 1.38 bits per heavy atom. The van der Waals surface area contributed by atoms with Crippen LogP contribution in [0.2, 0.25) is 0 Å². The van der Waals surface area contributed by atoms with E-state index in [-0.39, 0.29) is 0 Å². The summed E-state index contributed by atoms with van der Waals surface area (Å²) in [4.78, 5) is 21.7. The van der Waals surface area contributed by atoms with Crippen LogP contribution in [0.25, 0.3) is 0 Å². The number of hydrogen-bond acceptors (Lipinski definition) is 3. The Balaban J connectivity index is 4.26. The highest BCUT2D eigenvalue weighted by Gasteiger charge is 2.26. The topological polar surface area (TPSA) is 86.6 Å². The van der Waals surface area contributed by atoms with Crippen LogP contribution in [0.5, 0.6) is 0 Å². The van der Waals surface area contributed by atoms with E-state index in [4.69, 9.17) is 10.2 Å². The van der Waals surface area contributed by atoms with Gasteiger partial charge >= 0.3 is 5.97 Å². The van der Waals surface area contributed by atoms with Crippen LogP contribution in [-0.2, 0) is 9.59 Å². The normalized spacial score (nSPS) is 13.5. The molecular formula is C8H15NO4. The van der Waals surface area contributed by atoms with E-state index in [1.165, 1.54) is 0 Å². The second-order valence-electron chi connectivity index (χ2n) is 3.80. The van der Waals surface area contributed by atoms with E-state index in [1.807, 2.05) is 0 Å². The van der Waals surface area contributed by atoms with Gasteiger partial charge in [-0.05, 0) is 0 Å². The van der Waals surface area contributed by atoms with Crippen LogP contribution in [0.1, 0.15) is 20.8 Å². The smallest absolute Gasteiger partial charge is 0.328 e. The molecule has 0 aromatic rings. The lowest BCUT2D eigenvalue weighted by Crippen LogP contribution is -2.47. The summed E-state index contributed by atoms with van der Waals surface area (Å²) in [6.07, 6.45) is 0. The van der Waals surface area contributed by atoms with E-state index in [1.54, 1.807) is 20.8 Å². The Kier molecular flexibility index (Phi) is 3.87. The first kappa shape index (κ1) is 11.9. The molecule has 0 aliphatic rings. The average Bonchev–Trinajstić information content (AvgIpc) is 1.96. The molecule has 0 aromatic carbocycles. The van der Waals surface area contributed by atoms with Crippen LogP contribution < -0.4 is 5.32 Å². The van der Waals surface area contributed by atoms with E-state index in [9.17, 15) is 9.59 Å². The lowest BCUT2D eigenvalue weighted by molar-refractivity contribution is -0.144. The van der Waals surface area contributed by atoms with E-state index in [0.29, 0.717) is 0 Å². The molecular weight excluding hydrogens is 174 g/mol. The number of carbonyl (C=O) groups is 2. The molecule has 0 spiro atoms. The van der Waals surface area contributed by atoms with E-state index >= 15 is 0 Å². The molecule has 0 saturated heterocycles. The molecule has 0 aliphatic heterocycles. The van der Waals surface area contributed by atoms with Gasteiger partial charge in [-0.15, -0.1) is 0 Å². The Bertz CT molecular complexity index is 207. The average molecular weight is 189 g/mol. The SMILES string of the molecule is CC(C)(C)C(=O)N[C@@H](CO)C(=O)O. The summed E-state index contributed by atoms with van der Waals surface area (Å²) >= 11 is 0. The van der Waals surface area contributed by atoms with Gasteiger partial charge in [-0.3, -0.25) is 4.79 Å². The van der Waals surface area contributed by atoms with Crippen molar-refractivity contribution in [3.05, 3.63) is 0 Å². The van der Waals surface area contributed by atoms with E-state index in [2.05, 4.69) is 5.32 Å². The number of rotatable bonds is 3. The quantitative estimate of drug-likeness (QED) is 0.563. The molecule has 0 bridgehead atoms. The van der Waals surface area contributed by atoms with Gasteiger partial charge in [0.05, 0.1) is 6.61 Å². The number of aliphatic carboxylic acids is 1. The van der Waals surface area contributed by atoms with Crippen molar-refractivity contribution in [3.8, 4) is 0 Å². The summed E-state index contributed by atoms with van der Waals surface area (Å²) < 4.78 is 0. The molecule has 5 heteroatoms. The van der Waals surface area contributed by atoms with Gasteiger partial charge in [-0.2, -0.15) is 0 Å². The minimum absolute atomic E-state index is 0.394. The fourth-order valence-corrected chi connectivity index (χ4v) is 0.560. The second-order valence-corrected chi connectivity index (χ2v) is 3.80. The molecule has 0 rings (SSSR count). The summed E-state index contributed by atoms with van der Waals surface area (Å²) in [7, 11) is 0. The first-order valence-corrected chi connectivity index (χ1v) is 3.93. The fraction of sp³-hybridized carbons (Fsp3) is 0.750. The maximum Gasteiger partial charge on any atom is 0.328 e. The molecule has 0 saturated carbocycles. The lowest BCUT2D eigenvalue weighted by Gasteiger charge is -2.20. The van der Waals surface area contributed by atoms with Gasteiger partial charge in [0.15, 0.2) is 0 Å². The van der Waals surface area contributed by atoms with Gasteiger partial charge in [0.25, 0.3) is 0 Å². The molecule has 0 fully saturated rings. The molecule has 1 atom stereocenters. The summed E-state index contributed by atoms with van der Waals surface area (Å²) in [5.41, 5.74) is -0.650. The zero-order valence-electron chi connectivity index (χ0n) is 8.00. The van der Waals surface area contributed by atoms with Gasteiger partial charge in [0.1, 0.15) is 6.04 Å². The van der Waals surface area contributed by atoms with Crippen molar-refractivity contribution in [1.82, 2.24) is 5.32 Å². The van der Waals surface area contributed by atoms with Crippen LogP contribution in [0.3, 0.4) is 0 Å². The number of aliphatic hydroxyl groups is 1. The fourth-order valence-electron chi connectivity index (χ4n) is 0.560. The molecule has 0 aromatic heterocycles. The predicted molar refractivity (Wildman–Crippen MR) is 46.1 cm³/mol. The van der Waals surface area contributed by atoms with Gasteiger partial charge < -0.3 is 15.5 Å². The summed E-state index contributed by atoms with van der Waals surface area (Å²) in [5, 5.41) is 19.3. The number of hydrogen-bond donors (Lipinski definition) is 3. The number of aliphatic hydroxyl groups excluding tert-OH is 1. The summed E-state index contributed by atoms with van der Waals surface area (Å²) in [6.45, 7) is 4.40. The van der Waals surface area contributed by atoms with Gasteiger partial charge in [0, 0.05) is 5.41 Å². The maximum absolute atomic E-state index is 11.3. The Morgan fingerprint density at radius 2 is 1.85 bits per heavy atom. The minimum Gasteiger partial charge on any atom is -0.480 e. The van der Waals surface area contributed by atoms with Gasteiger partial charge in [-0.1, -0.05) is 20.8 Å². The molecule has 0 aliphatic carbocycles. The third-order valence-corrected chi connectivity index (χ3v) is 1.47. The molecule has 5 nitrogen and oxygen atoms in total. The van der Waals surface area contributed by atoms with E-state index in [0.717, 1.165) is 0 Å². The van der Waals surface area contributed by atoms with Crippen LogP contribution in [-0.4, -0.2) is 34.7 Å². The monoisotopic (exact) mass is 189 g/mol. The van der Waals surface area contributed by atoms with Crippen LogP contribution in [0, 0.1) is 5.41 Å². The molecule has 0 heterocycles. The van der Waals surface area contributed by atoms with Crippen molar-refractivity contribution >= 4 is 11.9 Å². The summed E-state index contributed by atoms with van der Waals surface area (Å²) in [6, 6.07) is -1.22. The van der Waals surface area contributed by atoms with Crippen LogP contribution in [0.15, 0.2) is 0 Å². The molecule has 1 amide bonds. The summed E-state index contributed by atoms with van der Waals surface area (Å²) in [5.74, 6) is -1.63. The Hall–Kier alpha value is -1.10. The third kappa shape index (κ3) is 3.89.